The van der Waals surface area contributed by atoms with E-state index in [2.05, 4.69) is 27.0 Å². The molecule has 102 valence electrons. The zero-order valence-electron chi connectivity index (χ0n) is 10.9. The van der Waals surface area contributed by atoms with Crippen LogP contribution in [-0.2, 0) is 0 Å². The maximum atomic E-state index is 9.32. The summed E-state index contributed by atoms with van der Waals surface area (Å²) in [5.41, 5.74) is 8.96. The van der Waals surface area contributed by atoms with Gasteiger partial charge in [0.05, 0.1) is 5.69 Å². The van der Waals surface area contributed by atoms with Gasteiger partial charge in [-0.3, -0.25) is 0 Å². The molecule has 3 aromatic rings. The van der Waals surface area contributed by atoms with Crippen molar-refractivity contribution in [3.63, 3.8) is 0 Å². The Morgan fingerprint density at radius 3 is 2.57 bits per heavy atom. The van der Waals surface area contributed by atoms with Crippen molar-refractivity contribution in [3.8, 4) is 27.8 Å². The minimum atomic E-state index is 0.265. The fourth-order valence-corrected chi connectivity index (χ4v) is 3.09. The van der Waals surface area contributed by atoms with Gasteiger partial charge in [-0.2, -0.15) is 5.26 Å². The van der Waals surface area contributed by atoms with E-state index >= 15 is 0 Å². The molecular weight excluding hydrogens is 346 g/mol. The quantitative estimate of drug-likeness (QED) is 0.724. The number of pyridine rings is 1. The summed E-state index contributed by atoms with van der Waals surface area (Å²) in [6.07, 6.45) is 0. The lowest BCUT2D eigenvalue weighted by atomic mass is 10.0. The van der Waals surface area contributed by atoms with Gasteiger partial charge in [0.2, 0.25) is 0 Å². The summed E-state index contributed by atoms with van der Waals surface area (Å²) in [4.78, 5) is 5.37. The number of halogens is 1. The number of anilines is 1. The molecule has 0 radical (unpaired) electrons. The first-order chi connectivity index (χ1) is 10.2. The Bertz CT molecular complexity index is 818. The molecule has 2 N–H and O–H groups in total. The SMILES string of the molecule is N#Cc1c(-c2cccs2)cc(-c2ccc(Br)cc2)nc1N. The number of aromatic nitrogens is 1. The molecule has 0 fully saturated rings. The van der Waals surface area contributed by atoms with Gasteiger partial charge in [0.1, 0.15) is 17.5 Å². The summed E-state index contributed by atoms with van der Waals surface area (Å²) in [5.74, 6) is 0.265. The van der Waals surface area contributed by atoms with Crippen molar-refractivity contribution in [3.05, 3.63) is 57.9 Å². The number of nitrogen functional groups attached to an aromatic ring is 1. The molecule has 2 heterocycles. The van der Waals surface area contributed by atoms with Gasteiger partial charge in [0, 0.05) is 20.5 Å². The number of thiophene rings is 1. The van der Waals surface area contributed by atoms with Crippen molar-refractivity contribution in [2.75, 3.05) is 5.73 Å². The molecule has 0 aliphatic carbocycles. The number of nitriles is 1. The number of nitrogens with two attached hydrogens (primary N) is 1. The van der Waals surface area contributed by atoms with Gasteiger partial charge in [-0.25, -0.2) is 4.98 Å². The molecule has 0 unspecified atom stereocenters. The number of hydrogen-bond donors (Lipinski definition) is 1. The molecule has 0 saturated heterocycles. The fourth-order valence-electron chi connectivity index (χ4n) is 2.08. The van der Waals surface area contributed by atoms with E-state index in [1.807, 2.05) is 47.8 Å². The Morgan fingerprint density at radius 1 is 1.19 bits per heavy atom. The van der Waals surface area contributed by atoms with Crippen LogP contribution in [0.2, 0.25) is 0 Å². The Balaban J connectivity index is 2.21. The Morgan fingerprint density at radius 2 is 1.95 bits per heavy atom. The molecule has 0 bridgehead atoms. The predicted molar refractivity (Wildman–Crippen MR) is 89.8 cm³/mol. The maximum Gasteiger partial charge on any atom is 0.142 e. The molecular formula is C16H10BrN3S. The highest BCUT2D eigenvalue weighted by molar-refractivity contribution is 9.10. The summed E-state index contributed by atoms with van der Waals surface area (Å²) in [7, 11) is 0. The van der Waals surface area contributed by atoms with E-state index in [0.717, 1.165) is 26.2 Å². The van der Waals surface area contributed by atoms with Crippen LogP contribution in [0, 0.1) is 11.3 Å². The van der Waals surface area contributed by atoms with Gasteiger partial charge in [-0.05, 0) is 29.6 Å². The van der Waals surface area contributed by atoms with E-state index in [1.54, 1.807) is 11.3 Å². The topological polar surface area (TPSA) is 62.7 Å². The van der Waals surface area contributed by atoms with Gasteiger partial charge in [-0.15, -0.1) is 11.3 Å². The van der Waals surface area contributed by atoms with Gasteiger partial charge in [-0.1, -0.05) is 34.1 Å². The summed E-state index contributed by atoms with van der Waals surface area (Å²) in [5, 5.41) is 11.3. The van der Waals surface area contributed by atoms with Crippen molar-refractivity contribution in [2.24, 2.45) is 0 Å². The van der Waals surface area contributed by atoms with Gasteiger partial charge in [0.15, 0.2) is 0 Å². The second kappa shape index (κ2) is 5.68. The molecule has 0 aliphatic rings. The molecule has 5 heteroatoms. The minimum Gasteiger partial charge on any atom is -0.383 e. The van der Waals surface area contributed by atoms with Crippen LogP contribution >= 0.6 is 27.3 Å². The molecule has 0 saturated carbocycles. The first kappa shape index (κ1) is 13.8. The highest BCUT2D eigenvalue weighted by atomic mass is 79.9. The van der Waals surface area contributed by atoms with Crippen LogP contribution in [0.1, 0.15) is 5.56 Å². The van der Waals surface area contributed by atoms with Crippen LogP contribution in [0.3, 0.4) is 0 Å². The molecule has 1 aromatic carbocycles. The number of nitrogens with zero attached hydrogens (tertiary/aromatic N) is 2. The number of benzene rings is 1. The third-order valence-electron chi connectivity index (χ3n) is 3.09. The molecule has 3 rings (SSSR count). The standard InChI is InChI=1S/C16H10BrN3S/c17-11-5-3-10(4-6-11)14-8-12(15-2-1-7-21-15)13(9-18)16(19)20-14/h1-8H,(H2,19,20). The van der Waals surface area contributed by atoms with Crippen molar-refractivity contribution in [1.29, 1.82) is 5.26 Å². The number of hydrogen-bond acceptors (Lipinski definition) is 4. The third kappa shape index (κ3) is 2.68. The zero-order chi connectivity index (χ0) is 14.8. The lowest BCUT2D eigenvalue weighted by Crippen LogP contribution is -1.99. The minimum absolute atomic E-state index is 0.265. The van der Waals surface area contributed by atoms with E-state index in [9.17, 15) is 5.26 Å². The Kier molecular flexibility index (Phi) is 3.74. The monoisotopic (exact) mass is 355 g/mol. The second-order valence-corrected chi connectivity index (χ2v) is 6.27. The molecule has 0 spiro atoms. The van der Waals surface area contributed by atoms with Crippen LogP contribution in [0.4, 0.5) is 5.82 Å². The van der Waals surface area contributed by atoms with E-state index in [-0.39, 0.29) is 5.82 Å². The van der Waals surface area contributed by atoms with Crippen LogP contribution < -0.4 is 5.73 Å². The summed E-state index contributed by atoms with van der Waals surface area (Å²) < 4.78 is 1.01. The highest BCUT2D eigenvalue weighted by Crippen LogP contribution is 2.33. The third-order valence-corrected chi connectivity index (χ3v) is 4.52. The van der Waals surface area contributed by atoms with Crippen molar-refractivity contribution in [2.45, 2.75) is 0 Å². The molecule has 3 nitrogen and oxygen atoms in total. The number of rotatable bonds is 2. The van der Waals surface area contributed by atoms with Crippen LogP contribution in [0.15, 0.2) is 52.3 Å². The van der Waals surface area contributed by atoms with Crippen molar-refractivity contribution < 1.29 is 0 Å². The van der Waals surface area contributed by atoms with E-state index < -0.39 is 0 Å². The molecule has 21 heavy (non-hydrogen) atoms. The Hall–Kier alpha value is -2.16. The molecule has 0 amide bonds. The fraction of sp³-hybridized carbons (Fsp3) is 0. The maximum absolute atomic E-state index is 9.32. The van der Waals surface area contributed by atoms with Gasteiger partial charge < -0.3 is 5.73 Å². The second-order valence-electron chi connectivity index (χ2n) is 4.41. The summed E-state index contributed by atoms with van der Waals surface area (Å²) in [6, 6.07) is 15.9. The van der Waals surface area contributed by atoms with Gasteiger partial charge >= 0.3 is 0 Å². The van der Waals surface area contributed by atoms with Crippen LogP contribution in [0.5, 0.6) is 0 Å². The molecule has 0 atom stereocenters. The highest BCUT2D eigenvalue weighted by Gasteiger charge is 2.13. The van der Waals surface area contributed by atoms with Crippen molar-refractivity contribution in [1.82, 2.24) is 4.98 Å². The average Bonchev–Trinajstić information content (AvgIpc) is 3.01. The van der Waals surface area contributed by atoms with E-state index in [0.29, 0.717) is 5.56 Å². The summed E-state index contributed by atoms with van der Waals surface area (Å²) in [6.45, 7) is 0. The van der Waals surface area contributed by atoms with Crippen LogP contribution in [-0.4, -0.2) is 4.98 Å². The van der Waals surface area contributed by atoms with E-state index in [1.165, 1.54) is 0 Å². The summed E-state index contributed by atoms with van der Waals surface area (Å²) >= 11 is 4.99. The predicted octanol–water partition coefficient (Wildman–Crippen LogP) is 4.69. The molecule has 0 aliphatic heterocycles. The Labute approximate surface area is 134 Å². The first-order valence-electron chi connectivity index (χ1n) is 6.19. The lowest BCUT2D eigenvalue weighted by Gasteiger charge is -2.08. The largest absolute Gasteiger partial charge is 0.383 e. The van der Waals surface area contributed by atoms with Crippen molar-refractivity contribution >= 4 is 33.1 Å². The lowest BCUT2D eigenvalue weighted by molar-refractivity contribution is 1.31. The molecule has 2 aromatic heterocycles. The van der Waals surface area contributed by atoms with Gasteiger partial charge in [0.25, 0.3) is 0 Å². The first-order valence-corrected chi connectivity index (χ1v) is 7.87. The smallest absolute Gasteiger partial charge is 0.142 e. The zero-order valence-corrected chi connectivity index (χ0v) is 13.3. The van der Waals surface area contributed by atoms with E-state index in [4.69, 9.17) is 5.73 Å². The average molecular weight is 356 g/mol. The normalized spacial score (nSPS) is 10.3. The van der Waals surface area contributed by atoms with Crippen LogP contribution in [0.25, 0.3) is 21.7 Å².